The van der Waals surface area contributed by atoms with Crippen molar-refractivity contribution in [3.8, 4) is 0 Å². The Hall–Kier alpha value is -2.12. The summed E-state index contributed by atoms with van der Waals surface area (Å²) >= 11 is 7.47. The number of hydrogen-bond donors (Lipinski definition) is 1. The van der Waals surface area contributed by atoms with Crippen LogP contribution in [0.3, 0.4) is 0 Å². The predicted molar refractivity (Wildman–Crippen MR) is 100 cm³/mol. The lowest BCUT2D eigenvalue weighted by Gasteiger charge is -2.24. The van der Waals surface area contributed by atoms with Crippen LogP contribution in [-0.2, 0) is 14.9 Å². The summed E-state index contributed by atoms with van der Waals surface area (Å²) in [6.45, 7) is 6.33. The number of rotatable bonds is 4. The Morgan fingerprint density at radius 1 is 1.38 bits per heavy atom. The van der Waals surface area contributed by atoms with Crippen LogP contribution in [0.4, 0.5) is 4.79 Å². The van der Waals surface area contributed by atoms with Crippen LogP contribution in [0.1, 0.15) is 43.1 Å². The second kappa shape index (κ2) is 6.89. The molecular formula is C18H20ClN3O3S. The van der Waals surface area contributed by atoms with Gasteiger partial charge < -0.3 is 10.5 Å². The lowest BCUT2D eigenvalue weighted by atomic mass is 9.93. The van der Waals surface area contributed by atoms with Gasteiger partial charge in [0, 0.05) is 15.8 Å². The van der Waals surface area contributed by atoms with Crippen molar-refractivity contribution in [1.82, 2.24) is 9.88 Å². The summed E-state index contributed by atoms with van der Waals surface area (Å²) in [4.78, 5) is 30.1. The van der Waals surface area contributed by atoms with Gasteiger partial charge in [-0.25, -0.2) is 9.78 Å². The summed E-state index contributed by atoms with van der Waals surface area (Å²) in [6.07, 6.45) is -1.54. The van der Waals surface area contributed by atoms with Crippen molar-refractivity contribution in [1.29, 1.82) is 0 Å². The van der Waals surface area contributed by atoms with Crippen molar-refractivity contribution in [2.45, 2.75) is 38.3 Å². The van der Waals surface area contributed by atoms with Crippen LogP contribution < -0.4 is 5.73 Å². The molecule has 3 rings (SSSR count). The molecule has 26 heavy (non-hydrogen) atoms. The van der Waals surface area contributed by atoms with Gasteiger partial charge in [-0.2, -0.15) is 0 Å². The third kappa shape index (κ3) is 3.68. The molecule has 138 valence electrons. The molecule has 1 fully saturated rings. The fourth-order valence-corrected chi connectivity index (χ4v) is 4.01. The summed E-state index contributed by atoms with van der Waals surface area (Å²) in [5.41, 5.74) is 6.98. The zero-order chi connectivity index (χ0) is 19.1. The number of benzene rings is 1. The molecular weight excluding hydrogens is 374 g/mol. The van der Waals surface area contributed by atoms with Gasteiger partial charge in [0.05, 0.1) is 12.2 Å². The maximum Gasteiger partial charge on any atom is 0.411 e. The van der Waals surface area contributed by atoms with Crippen molar-refractivity contribution in [2.75, 3.05) is 6.54 Å². The van der Waals surface area contributed by atoms with E-state index in [2.05, 4.69) is 20.8 Å². The highest BCUT2D eigenvalue weighted by Gasteiger charge is 2.41. The topological polar surface area (TPSA) is 85.5 Å². The largest absolute Gasteiger partial charge is 0.434 e. The van der Waals surface area contributed by atoms with E-state index < -0.39 is 24.1 Å². The van der Waals surface area contributed by atoms with Gasteiger partial charge in [-0.3, -0.25) is 9.69 Å². The molecule has 0 bridgehead atoms. The van der Waals surface area contributed by atoms with Crippen LogP contribution in [0.25, 0.3) is 0 Å². The minimum atomic E-state index is -0.959. The first kappa shape index (κ1) is 18.7. The zero-order valence-electron chi connectivity index (χ0n) is 14.7. The molecule has 1 aliphatic heterocycles. The normalized spacial score (nSPS) is 18.7. The Kier molecular flexibility index (Phi) is 4.94. The van der Waals surface area contributed by atoms with Crippen molar-refractivity contribution in [3.63, 3.8) is 0 Å². The third-order valence-electron chi connectivity index (χ3n) is 4.18. The summed E-state index contributed by atoms with van der Waals surface area (Å²) in [6, 6.07) is 6.74. The first-order valence-electron chi connectivity index (χ1n) is 8.15. The van der Waals surface area contributed by atoms with Gasteiger partial charge >= 0.3 is 6.09 Å². The first-order chi connectivity index (χ1) is 12.2. The number of aromatic nitrogens is 1. The van der Waals surface area contributed by atoms with E-state index in [4.69, 9.17) is 27.1 Å². The van der Waals surface area contributed by atoms with Gasteiger partial charge in [0.2, 0.25) is 0 Å². The Bertz CT molecular complexity index is 829. The van der Waals surface area contributed by atoms with Gasteiger partial charge in [-0.05, 0) is 17.7 Å². The first-order valence-corrected chi connectivity index (χ1v) is 9.40. The third-order valence-corrected chi connectivity index (χ3v) is 5.33. The number of nitrogens with two attached hydrogens (primary N) is 1. The van der Waals surface area contributed by atoms with Crippen LogP contribution in [0.15, 0.2) is 29.6 Å². The van der Waals surface area contributed by atoms with Crippen LogP contribution in [0.2, 0.25) is 5.02 Å². The molecule has 0 saturated carbocycles. The summed E-state index contributed by atoms with van der Waals surface area (Å²) in [7, 11) is 0. The molecule has 1 aromatic heterocycles. The molecule has 2 atom stereocenters. The average Bonchev–Trinajstić information content (AvgIpc) is 3.17. The molecule has 2 N–H and O–H groups in total. The van der Waals surface area contributed by atoms with Gasteiger partial charge in [-0.1, -0.05) is 44.5 Å². The number of amides is 2. The number of hydrogen-bond acceptors (Lipinski definition) is 5. The van der Waals surface area contributed by atoms with Gasteiger partial charge in [-0.15, -0.1) is 11.3 Å². The van der Waals surface area contributed by atoms with Crippen LogP contribution >= 0.6 is 22.9 Å². The molecule has 2 amide bonds. The summed E-state index contributed by atoms with van der Waals surface area (Å²) in [5, 5.41) is 3.34. The maximum atomic E-state index is 12.4. The fourth-order valence-electron chi connectivity index (χ4n) is 2.70. The van der Waals surface area contributed by atoms with Gasteiger partial charge in [0.25, 0.3) is 5.91 Å². The molecule has 1 aliphatic rings. The standard InChI is InChI=1S/C18H20ClN3O3S/c1-18(2,3)13-9-26-16(21-13)14(10-4-6-11(19)7-5-10)22-8-12(15(20)23)25-17(22)24/h4-7,9,12,14H,8H2,1-3H3,(H2,20,23)/t12?,14-/m1/s1. The molecule has 1 saturated heterocycles. The molecule has 1 aromatic carbocycles. The molecule has 2 aromatic rings. The molecule has 2 heterocycles. The zero-order valence-corrected chi connectivity index (χ0v) is 16.3. The molecule has 0 radical (unpaired) electrons. The smallest absolute Gasteiger partial charge is 0.411 e. The Morgan fingerprint density at radius 2 is 2.04 bits per heavy atom. The molecule has 6 nitrogen and oxygen atoms in total. The van der Waals surface area contributed by atoms with Gasteiger partial charge in [0.1, 0.15) is 11.0 Å². The summed E-state index contributed by atoms with van der Waals surface area (Å²) in [5.74, 6) is -0.662. The minimum absolute atomic E-state index is 0.0892. The lowest BCUT2D eigenvalue weighted by molar-refractivity contribution is -0.124. The number of cyclic esters (lactones) is 1. The van der Waals surface area contributed by atoms with Crippen molar-refractivity contribution < 1.29 is 14.3 Å². The van der Waals surface area contributed by atoms with E-state index in [0.29, 0.717) is 5.02 Å². The average molecular weight is 394 g/mol. The number of carbonyl (C=O) groups is 2. The quantitative estimate of drug-likeness (QED) is 0.861. The number of primary amides is 1. The molecule has 8 heteroatoms. The van der Waals surface area contributed by atoms with E-state index in [1.165, 1.54) is 16.2 Å². The van der Waals surface area contributed by atoms with E-state index in [-0.39, 0.29) is 12.0 Å². The second-order valence-electron chi connectivity index (χ2n) is 7.20. The Labute approximate surface area is 160 Å². The van der Waals surface area contributed by atoms with E-state index in [0.717, 1.165) is 16.3 Å². The Balaban J connectivity index is 2.03. The number of ether oxygens (including phenoxy) is 1. The minimum Gasteiger partial charge on any atom is -0.434 e. The molecule has 1 unspecified atom stereocenters. The second-order valence-corrected chi connectivity index (χ2v) is 8.53. The van der Waals surface area contributed by atoms with Crippen LogP contribution in [0.5, 0.6) is 0 Å². The van der Waals surface area contributed by atoms with Crippen molar-refractivity contribution in [3.05, 3.63) is 50.9 Å². The summed E-state index contributed by atoms with van der Waals surface area (Å²) < 4.78 is 5.12. The van der Waals surface area contributed by atoms with E-state index >= 15 is 0 Å². The highest BCUT2D eigenvalue weighted by atomic mass is 35.5. The highest BCUT2D eigenvalue weighted by Crippen LogP contribution is 2.36. The maximum absolute atomic E-state index is 12.4. The number of nitrogens with zero attached hydrogens (tertiary/aromatic N) is 2. The number of thiazole rings is 1. The monoisotopic (exact) mass is 393 g/mol. The Morgan fingerprint density at radius 3 is 2.54 bits per heavy atom. The van der Waals surface area contributed by atoms with Gasteiger partial charge in [0.15, 0.2) is 6.10 Å². The van der Waals surface area contributed by atoms with E-state index in [1.807, 2.05) is 17.5 Å². The number of halogens is 1. The lowest BCUT2D eigenvalue weighted by Crippen LogP contribution is -2.34. The highest BCUT2D eigenvalue weighted by molar-refractivity contribution is 7.09. The fraction of sp³-hybridized carbons (Fsp3) is 0.389. The molecule has 0 spiro atoms. The van der Waals surface area contributed by atoms with Crippen LogP contribution in [0, 0.1) is 0 Å². The van der Waals surface area contributed by atoms with E-state index in [9.17, 15) is 9.59 Å². The molecule has 0 aliphatic carbocycles. The SMILES string of the molecule is CC(C)(C)c1csc([C@@H](c2ccc(Cl)cc2)N2CC(C(N)=O)OC2=O)n1. The predicted octanol–water partition coefficient (Wildman–Crippen LogP) is 3.49. The van der Waals surface area contributed by atoms with Crippen molar-refractivity contribution >= 4 is 34.9 Å². The van der Waals surface area contributed by atoms with Crippen LogP contribution in [-0.4, -0.2) is 34.5 Å². The van der Waals surface area contributed by atoms with E-state index in [1.54, 1.807) is 12.1 Å². The van der Waals surface area contributed by atoms with Crippen molar-refractivity contribution in [2.24, 2.45) is 5.73 Å². The number of carbonyl (C=O) groups excluding carboxylic acids is 2.